The van der Waals surface area contributed by atoms with Gasteiger partial charge in [0.05, 0.1) is 6.10 Å². The molecular weight excluding hydrogens is 430 g/mol. The van der Waals surface area contributed by atoms with Crippen molar-refractivity contribution in [2.75, 3.05) is 12.3 Å². The van der Waals surface area contributed by atoms with E-state index in [1.54, 1.807) is 0 Å². The van der Waals surface area contributed by atoms with Crippen LogP contribution in [0.5, 0.6) is 0 Å². The predicted molar refractivity (Wildman–Crippen MR) is 130 cm³/mol. The van der Waals surface area contributed by atoms with Crippen molar-refractivity contribution in [3.05, 3.63) is 12.2 Å². The summed E-state index contributed by atoms with van der Waals surface area (Å²) in [4.78, 5) is 32.9. The van der Waals surface area contributed by atoms with Crippen LogP contribution in [0.15, 0.2) is 12.2 Å². The van der Waals surface area contributed by atoms with Gasteiger partial charge in [-0.1, -0.05) is 76.9 Å². The van der Waals surface area contributed by atoms with Gasteiger partial charge in [0.1, 0.15) is 6.54 Å². The lowest BCUT2D eigenvalue weighted by Crippen LogP contribution is -2.30. The van der Waals surface area contributed by atoms with Gasteiger partial charge >= 0.3 is 11.9 Å². The molecule has 0 fully saturated rings. The van der Waals surface area contributed by atoms with Gasteiger partial charge in [-0.25, -0.2) is 0 Å². The molecule has 0 aromatic rings. The molecule has 7 nitrogen and oxygen atoms in total. The molecule has 0 saturated carbocycles. The van der Waals surface area contributed by atoms with Gasteiger partial charge in [0.2, 0.25) is 5.91 Å². The molecule has 0 aromatic heterocycles. The van der Waals surface area contributed by atoms with Gasteiger partial charge in [-0.05, 0) is 19.3 Å². The van der Waals surface area contributed by atoms with Crippen molar-refractivity contribution in [3.8, 4) is 0 Å². The largest absolute Gasteiger partial charge is 0.481 e. The number of hydrogen-bond acceptors (Lipinski definition) is 5. The Morgan fingerprint density at radius 3 is 2.03 bits per heavy atom. The monoisotopic (exact) mass is 473 g/mol. The maximum absolute atomic E-state index is 11.6. The van der Waals surface area contributed by atoms with Gasteiger partial charge in [-0.15, -0.1) is 0 Å². The number of amides is 1. The first-order valence-electron chi connectivity index (χ1n) is 12.0. The first kappa shape index (κ1) is 30.5. The van der Waals surface area contributed by atoms with Gasteiger partial charge < -0.3 is 20.6 Å². The molecule has 0 rings (SSSR count). The Kier molecular flexibility index (Phi) is 20.3. The molecule has 0 saturated heterocycles. The van der Waals surface area contributed by atoms with Crippen molar-refractivity contribution >= 4 is 29.6 Å². The lowest BCUT2D eigenvalue weighted by molar-refractivity contribution is -0.138. The van der Waals surface area contributed by atoms with Gasteiger partial charge in [-0.3, -0.25) is 14.4 Å². The highest BCUT2D eigenvalue weighted by Crippen LogP contribution is 2.21. The number of rotatable bonds is 22. The third-order valence-electron chi connectivity index (χ3n) is 5.16. The van der Waals surface area contributed by atoms with Crippen molar-refractivity contribution in [1.29, 1.82) is 0 Å². The van der Waals surface area contributed by atoms with Crippen LogP contribution >= 0.6 is 11.8 Å². The molecule has 8 heteroatoms. The number of unbranched alkanes of at least 4 members (excludes halogenated alkanes) is 10. The summed E-state index contributed by atoms with van der Waals surface area (Å²) in [5.74, 6) is -1.98. The van der Waals surface area contributed by atoms with E-state index in [1.807, 2.05) is 12.2 Å². The summed E-state index contributed by atoms with van der Waals surface area (Å²) in [7, 11) is 0. The fourth-order valence-electron chi connectivity index (χ4n) is 3.26. The number of carbonyl (C=O) groups is 3. The minimum atomic E-state index is -1.09. The molecule has 2 unspecified atom stereocenters. The van der Waals surface area contributed by atoms with Crippen LogP contribution in [0.1, 0.15) is 96.8 Å². The van der Waals surface area contributed by atoms with Crippen molar-refractivity contribution < 1.29 is 29.7 Å². The average Bonchev–Trinajstić information content (AvgIpc) is 2.75. The number of aliphatic hydroxyl groups excluding tert-OH is 1. The number of hydrogen-bond donors (Lipinski definition) is 4. The molecule has 32 heavy (non-hydrogen) atoms. The molecule has 0 aromatic carbocycles. The molecule has 2 atom stereocenters. The summed E-state index contributed by atoms with van der Waals surface area (Å²) >= 11 is 1.39. The Morgan fingerprint density at radius 2 is 1.47 bits per heavy atom. The van der Waals surface area contributed by atoms with E-state index in [2.05, 4.69) is 12.2 Å². The standard InChI is InChI=1S/C24H43NO6S/c1-2-3-4-5-6-7-8-9-10-11-12-13-14-21(20(26)15-16-23(28)29)32-18-17-22(27)25-19-24(30)31/h13-14,20-21,26H,2-12,15-19H2,1H3,(H,25,27)(H,28,29)(H,30,31). The maximum atomic E-state index is 11.6. The summed E-state index contributed by atoms with van der Waals surface area (Å²) in [5, 5.41) is 29.8. The van der Waals surface area contributed by atoms with E-state index in [1.165, 1.54) is 69.5 Å². The second-order valence-electron chi connectivity index (χ2n) is 8.15. The smallest absolute Gasteiger partial charge is 0.322 e. The van der Waals surface area contributed by atoms with Gasteiger partial charge in [0.25, 0.3) is 0 Å². The zero-order valence-electron chi connectivity index (χ0n) is 19.6. The summed E-state index contributed by atoms with van der Waals surface area (Å²) in [5.41, 5.74) is 0. The van der Waals surface area contributed by atoms with E-state index in [9.17, 15) is 19.5 Å². The fourth-order valence-corrected chi connectivity index (χ4v) is 4.42. The zero-order valence-corrected chi connectivity index (χ0v) is 20.4. The number of aliphatic hydroxyl groups is 1. The highest BCUT2D eigenvalue weighted by molar-refractivity contribution is 8.00. The summed E-state index contributed by atoms with van der Waals surface area (Å²) < 4.78 is 0. The molecule has 0 bridgehead atoms. The molecule has 4 N–H and O–H groups in total. The number of carbonyl (C=O) groups excluding carboxylic acids is 1. The number of allylic oxidation sites excluding steroid dienone is 1. The lowest BCUT2D eigenvalue weighted by Gasteiger charge is -2.19. The topological polar surface area (TPSA) is 124 Å². The second-order valence-corrected chi connectivity index (χ2v) is 9.44. The predicted octanol–water partition coefficient (Wildman–Crippen LogP) is 4.77. The Hall–Kier alpha value is -1.54. The van der Waals surface area contributed by atoms with Crippen LogP contribution in [-0.4, -0.2) is 56.8 Å². The van der Waals surface area contributed by atoms with E-state index < -0.39 is 24.6 Å². The number of thioether (sulfide) groups is 1. The highest BCUT2D eigenvalue weighted by atomic mass is 32.2. The van der Waals surface area contributed by atoms with Crippen molar-refractivity contribution in [3.63, 3.8) is 0 Å². The Labute approximate surface area is 197 Å². The summed E-state index contributed by atoms with van der Waals surface area (Å²) in [6, 6.07) is 0. The minimum Gasteiger partial charge on any atom is -0.481 e. The van der Waals surface area contributed by atoms with E-state index in [0.29, 0.717) is 5.75 Å². The summed E-state index contributed by atoms with van der Waals surface area (Å²) in [6.07, 6.45) is 17.0. The number of carboxylic acid groups (broad SMARTS) is 2. The number of nitrogens with one attached hydrogen (secondary N) is 1. The molecule has 0 aliphatic heterocycles. The molecule has 0 aliphatic carbocycles. The third kappa shape index (κ3) is 20.4. The number of carboxylic acids is 2. The van der Waals surface area contributed by atoms with Gasteiger partial charge in [0.15, 0.2) is 0 Å². The van der Waals surface area contributed by atoms with E-state index >= 15 is 0 Å². The first-order valence-corrected chi connectivity index (χ1v) is 13.1. The summed E-state index contributed by atoms with van der Waals surface area (Å²) in [6.45, 7) is 1.82. The van der Waals surface area contributed by atoms with Gasteiger partial charge in [0, 0.05) is 23.8 Å². The lowest BCUT2D eigenvalue weighted by atomic mass is 10.1. The van der Waals surface area contributed by atoms with Crippen LogP contribution in [-0.2, 0) is 14.4 Å². The average molecular weight is 474 g/mol. The SMILES string of the molecule is CCCCCCCCCCCCC=CC(SCCC(=O)NCC(=O)O)C(O)CCC(=O)O. The van der Waals surface area contributed by atoms with E-state index in [0.717, 1.165) is 12.8 Å². The van der Waals surface area contributed by atoms with Crippen LogP contribution in [0.3, 0.4) is 0 Å². The van der Waals surface area contributed by atoms with Gasteiger partial charge in [-0.2, -0.15) is 11.8 Å². The van der Waals surface area contributed by atoms with Crippen LogP contribution < -0.4 is 5.32 Å². The minimum absolute atomic E-state index is 0.108. The van der Waals surface area contributed by atoms with Crippen molar-refractivity contribution in [2.24, 2.45) is 0 Å². The van der Waals surface area contributed by atoms with E-state index in [-0.39, 0.29) is 30.4 Å². The third-order valence-corrected chi connectivity index (χ3v) is 6.46. The molecule has 1 amide bonds. The van der Waals surface area contributed by atoms with Crippen LogP contribution in [0.2, 0.25) is 0 Å². The Bertz CT molecular complexity index is 541. The van der Waals surface area contributed by atoms with Crippen molar-refractivity contribution in [2.45, 2.75) is 108 Å². The quantitative estimate of drug-likeness (QED) is 0.132. The fraction of sp³-hybridized carbons (Fsp3) is 0.792. The number of aliphatic carboxylic acids is 2. The Morgan fingerprint density at radius 1 is 0.875 bits per heavy atom. The molecule has 0 heterocycles. The highest BCUT2D eigenvalue weighted by Gasteiger charge is 2.18. The molecule has 0 aliphatic rings. The first-order chi connectivity index (χ1) is 15.4. The normalized spacial score (nSPS) is 13.2. The molecule has 186 valence electrons. The van der Waals surface area contributed by atoms with Crippen molar-refractivity contribution in [1.82, 2.24) is 5.32 Å². The van der Waals surface area contributed by atoms with Crippen LogP contribution in [0, 0.1) is 0 Å². The van der Waals surface area contributed by atoms with Crippen LogP contribution in [0.4, 0.5) is 0 Å². The maximum Gasteiger partial charge on any atom is 0.322 e. The molecule has 0 radical (unpaired) electrons. The Balaban J connectivity index is 4.17. The second kappa shape index (κ2) is 21.3. The van der Waals surface area contributed by atoms with Crippen LogP contribution in [0.25, 0.3) is 0 Å². The molecular formula is C24H43NO6S. The molecule has 0 spiro atoms. The zero-order chi connectivity index (χ0) is 24.0. The van der Waals surface area contributed by atoms with E-state index in [4.69, 9.17) is 10.2 Å².